The lowest BCUT2D eigenvalue weighted by Crippen LogP contribution is -2.07. The highest BCUT2D eigenvalue weighted by Crippen LogP contribution is 2.32. The first-order valence-electron chi connectivity index (χ1n) is 6.59. The van der Waals surface area contributed by atoms with Crippen molar-refractivity contribution in [3.8, 4) is 16.9 Å². The number of ether oxygens (including phenoxy) is 1. The van der Waals surface area contributed by atoms with Crippen molar-refractivity contribution < 1.29 is 22.7 Å². The van der Waals surface area contributed by atoms with Gasteiger partial charge in [-0.3, -0.25) is 9.78 Å². The number of nitrogens with zero attached hydrogens (tertiary/aromatic N) is 1. The maximum atomic E-state index is 12.7. The summed E-state index contributed by atoms with van der Waals surface area (Å²) >= 11 is 0. The second kappa shape index (κ2) is 6.17. The molecule has 0 amide bonds. The van der Waals surface area contributed by atoms with Crippen LogP contribution >= 0.6 is 0 Å². The van der Waals surface area contributed by atoms with E-state index in [1.807, 2.05) is 13.8 Å². The molecule has 0 aliphatic rings. The van der Waals surface area contributed by atoms with Crippen molar-refractivity contribution in [1.29, 1.82) is 0 Å². The van der Waals surface area contributed by atoms with E-state index in [0.29, 0.717) is 17.6 Å². The van der Waals surface area contributed by atoms with Crippen molar-refractivity contribution in [2.24, 2.45) is 0 Å². The minimum Gasteiger partial charge on any atom is -0.490 e. The van der Waals surface area contributed by atoms with Crippen LogP contribution in [-0.2, 0) is 6.18 Å². The van der Waals surface area contributed by atoms with Crippen molar-refractivity contribution >= 4 is 6.29 Å². The number of aromatic nitrogens is 1. The fourth-order valence-electron chi connectivity index (χ4n) is 1.93. The average molecular weight is 309 g/mol. The predicted molar refractivity (Wildman–Crippen MR) is 75.8 cm³/mol. The topological polar surface area (TPSA) is 39.2 Å². The molecule has 3 nitrogen and oxygen atoms in total. The summed E-state index contributed by atoms with van der Waals surface area (Å²) in [5.74, 6) is 0.397. The maximum Gasteiger partial charge on any atom is 0.417 e. The van der Waals surface area contributed by atoms with Crippen molar-refractivity contribution in [2.45, 2.75) is 26.1 Å². The highest BCUT2D eigenvalue weighted by molar-refractivity contribution is 5.83. The third-order valence-electron chi connectivity index (χ3n) is 2.90. The zero-order valence-corrected chi connectivity index (χ0v) is 12.0. The minimum atomic E-state index is -4.46. The highest BCUT2D eigenvalue weighted by atomic mass is 19.4. The van der Waals surface area contributed by atoms with Gasteiger partial charge in [0, 0.05) is 18.0 Å². The van der Waals surface area contributed by atoms with E-state index in [1.54, 1.807) is 12.1 Å². The first-order chi connectivity index (χ1) is 10.3. The third-order valence-corrected chi connectivity index (χ3v) is 2.90. The van der Waals surface area contributed by atoms with Gasteiger partial charge < -0.3 is 4.74 Å². The molecule has 1 aromatic heterocycles. The van der Waals surface area contributed by atoms with Crippen LogP contribution in [0.25, 0.3) is 11.1 Å². The van der Waals surface area contributed by atoms with Crippen LogP contribution in [0.1, 0.15) is 29.8 Å². The molecule has 0 fully saturated rings. The number of hydrogen-bond acceptors (Lipinski definition) is 3. The number of hydrogen-bond donors (Lipinski definition) is 0. The smallest absolute Gasteiger partial charge is 0.417 e. The van der Waals surface area contributed by atoms with Crippen LogP contribution < -0.4 is 4.74 Å². The fourth-order valence-corrected chi connectivity index (χ4v) is 1.93. The van der Waals surface area contributed by atoms with E-state index < -0.39 is 11.7 Å². The zero-order valence-electron chi connectivity index (χ0n) is 12.0. The molecule has 0 radical (unpaired) electrons. The number of alkyl halides is 3. The van der Waals surface area contributed by atoms with E-state index in [0.717, 1.165) is 12.3 Å². The number of pyridine rings is 1. The standard InChI is InChI=1S/C16H14F3NO2/c1-10(2)22-15-4-3-11(5-13(15)9-21)12-6-14(8-20-7-12)16(17,18)19/h3-10H,1-2H3. The Labute approximate surface area is 125 Å². The molecule has 22 heavy (non-hydrogen) atoms. The Hall–Kier alpha value is -2.37. The molecule has 6 heteroatoms. The van der Waals surface area contributed by atoms with Crippen molar-refractivity contribution in [2.75, 3.05) is 0 Å². The van der Waals surface area contributed by atoms with Crippen LogP contribution in [0.5, 0.6) is 5.75 Å². The van der Waals surface area contributed by atoms with Gasteiger partial charge in [0.05, 0.1) is 17.2 Å². The summed E-state index contributed by atoms with van der Waals surface area (Å²) in [6, 6.07) is 5.66. The van der Waals surface area contributed by atoms with Crippen molar-refractivity contribution in [1.82, 2.24) is 4.98 Å². The van der Waals surface area contributed by atoms with Gasteiger partial charge in [-0.1, -0.05) is 6.07 Å². The van der Waals surface area contributed by atoms with E-state index in [1.165, 1.54) is 12.3 Å². The maximum absolute atomic E-state index is 12.7. The number of rotatable bonds is 4. The molecule has 0 spiro atoms. The predicted octanol–water partition coefficient (Wildman–Crippen LogP) is 4.37. The molecule has 2 aromatic rings. The van der Waals surface area contributed by atoms with E-state index >= 15 is 0 Å². The van der Waals surface area contributed by atoms with E-state index in [-0.39, 0.29) is 17.2 Å². The number of benzene rings is 1. The Kier molecular flexibility index (Phi) is 4.49. The fraction of sp³-hybridized carbons (Fsp3) is 0.250. The number of halogens is 3. The first kappa shape index (κ1) is 16.0. The summed E-state index contributed by atoms with van der Waals surface area (Å²) in [7, 11) is 0. The van der Waals surface area contributed by atoms with Gasteiger partial charge >= 0.3 is 6.18 Å². The van der Waals surface area contributed by atoms with E-state index in [2.05, 4.69) is 4.98 Å². The Morgan fingerprint density at radius 3 is 2.45 bits per heavy atom. The SMILES string of the molecule is CC(C)Oc1ccc(-c2cncc(C(F)(F)F)c2)cc1C=O. The van der Waals surface area contributed by atoms with Gasteiger partial charge in [0.25, 0.3) is 0 Å². The van der Waals surface area contributed by atoms with Crippen molar-refractivity contribution in [3.63, 3.8) is 0 Å². The monoisotopic (exact) mass is 309 g/mol. The first-order valence-corrected chi connectivity index (χ1v) is 6.59. The molecule has 2 rings (SSSR count). The van der Waals surface area contributed by atoms with Crippen LogP contribution in [0.4, 0.5) is 13.2 Å². The van der Waals surface area contributed by atoms with Crippen LogP contribution in [0.3, 0.4) is 0 Å². The minimum absolute atomic E-state index is 0.111. The number of aldehydes is 1. The summed E-state index contributed by atoms with van der Waals surface area (Å²) in [6.07, 6.45) is -1.87. The van der Waals surface area contributed by atoms with E-state index in [9.17, 15) is 18.0 Å². The van der Waals surface area contributed by atoms with Crippen LogP contribution in [0.15, 0.2) is 36.7 Å². The summed E-state index contributed by atoms with van der Waals surface area (Å²) < 4.78 is 43.6. The number of carbonyl (C=O) groups excluding carboxylic acids is 1. The van der Waals surface area contributed by atoms with Crippen molar-refractivity contribution in [3.05, 3.63) is 47.8 Å². The van der Waals surface area contributed by atoms with Gasteiger partial charge in [0.2, 0.25) is 0 Å². The molecule has 1 heterocycles. The van der Waals surface area contributed by atoms with Gasteiger partial charge in [-0.05, 0) is 37.6 Å². The zero-order chi connectivity index (χ0) is 16.3. The molecule has 0 atom stereocenters. The summed E-state index contributed by atoms with van der Waals surface area (Å²) in [6.45, 7) is 3.64. The van der Waals surface area contributed by atoms with Crippen LogP contribution in [0, 0.1) is 0 Å². The lowest BCUT2D eigenvalue weighted by Gasteiger charge is -2.13. The molecule has 0 saturated heterocycles. The molecule has 0 aliphatic carbocycles. The molecular formula is C16H14F3NO2. The molecule has 0 N–H and O–H groups in total. The lowest BCUT2D eigenvalue weighted by atomic mass is 10.0. The molecule has 0 aliphatic heterocycles. The molecule has 0 bridgehead atoms. The van der Waals surface area contributed by atoms with Gasteiger partial charge in [-0.15, -0.1) is 0 Å². The normalized spacial score (nSPS) is 11.5. The van der Waals surface area contributed by atoms with Gasteiger partial charge in [-0.25, -0.2) is 0 Å². The quantitative estimate of drug-likeness (QED) is 0.787. The van der Waals surface area contributed by atoms with E-state index in [4.69, 9.17) is 4.74 Å². The average Bonchev–Trinajstić information content (AvgIpc) is 2.46. The molecular weight excluding hydrogens is 295 g/mol. The second-order valence-corrected chi connectivity index (χ2v) is 5.00. The largest absolute Gasteiger partial charge is 0.490 e. The Balaban J connectivity index is 2.43. The Bertz CT molecular complexity index is 681. The molecule has 0 saturated carbocycles. The van der Waals surface area contributed by atoms with Crippen LogP contribution in [0.2, 0.25) is 0 Å². The van der Waals surface area contributed by atoms with Gasteiger partial charge in [-0.2, -0.15) is 13.2 Å². The Morgan fingerprint density at radius 1 is 1.14 bits per heavy atom. The van der Waals surface area contributed by atoms with Gasteiger partial charge in [0.1, 0.15) is 5.75 Å². The molecule has 116 valence electrons. The van der Waals surface area contributed by atoms with Crippen LogP contribution in [-0.4, -0.2) is 17.4 Å². The number of carbonyl (C=O) groups is 1. The summed E-state index contributed by atoms with van der Waals surface area (Å²) in [5.41, 5.74) is 0.203. The Morgan fingerprint density at radius 2 is 1.86 bits per heavy atom. The lowest BCUT2D eigenvalue weighted by molar-refractivity contribution is -0.137. The summed E-state index contributed by atoms with van der Waals surface area (Å²) in [5, 5.41) is 0. The molecule has 1 aromatic carbocycles. The second-order valence-electron chi connectivity index (χ2n) is 5.00. The molecule has 0 unspecified atom stereocenters. The highest BCUT2D eigenvalue weighted by Gasteiger charge is 2.31. The summed E-state index contributed by atoms with van der Waals surface area (Å²) in [4.78, 5) is 14.8. The van der Waals surface area contributed by atoms with Gasteiger partial charge in [0.15, 0.2) is 6.29 Å². The third kappa shape index (κ3) is 3.63.